The highest BCUT2D eigenvalue weighted by atomic mass is 16.3. The van der Waals surface area contributed by atoms with Gasteiger partial charge in [-0.15, -0.1) is 0 Å². The van der Waals surface area contributed by atoms with Crippen molar-refractivity contribution in [3.63, 3.8) is 0 Å². The molecule has 0 bridgehead atoms. The molecule has 2 N–H and O–H groups in total. The molecular weight excluding hydrogens is 206 g/mol. The molecule has 1 aromatic heterocycles. The van der Waals surface area contributed by atoms with Crippen molar-refractivity contribution in [2.75, 3.05) is 6.61 Å². The number of hydrogen-bond acceptors (Lipinski definition) is 3. The minimum absolute atomic E-state index is 0.0520. The summed E-state index contributed by atoms with van der Waals surface area (Å²) in [4.78, 5) is 11.9. The lowest BCUT2D eigenvalue weighted by atomic mass is 9.94. The normalized spacial score (nSPS) is 11.5. The fourth-order valence-corrected chi connectivity index (χ4v) is 1.59. The lowest BCUT2D eigenvalue weighted by Gasteiger charge is -2.30. The van der Waals surface area contributed by atoms with Gasteiger partial charge in [0.25, 0.3) is 5.91 Å². The molecule has 5 heteroatoms. The summed E-state index contributed by atoms with van der Waals surface area (Å²) >= 11 is 0. The van der Waals surface area contributed by atoms with Crippen LogP contribution in [0.3, 0.4) is 0 Å². The number of hydrogen-bond donors (Lipinski definition) is 2. The predicted molar refractivity (Wildman–Crippen MR) is 61.1 cm³/mol. The van der Waals surface area contributed by atoms with Crippen molar-refractivity contribution in [2.45, 2.75) is 32.2 Å². The van der Waals surface area contributed by atoms with Crippen LogP contribution in [0.15, 0.2) is 12.3 Å². The van der Waals surface area contributed by atoms with Gasteiger partial charge in [0.1, 0.15) is 5.69 Å². The molecule has 0 saturated heterocycles. The second-order valence-corrected chi connectivity index (χ2v) is 3.94. The third kappa shape index (κ3) is 2.41. The molecule has 0 aromatic carbocycles. The van der Waals surface area contributed by atoms with Gasteiger partial charge in [-0.25, -0.2) is 0 Å². The molecular formula is C11H19N3O2. The molecule has 0 aliphatic heterocycles. The molecule has 0 aliphatic carbocycles. The van der Waals surface area contributed by atoms with Gasteiger partial charge in [-0.2, -0.15) is 5.10 Å². The van der Waals surface area contributed by atoms with Gasteiger partial charge in [-0.1, -0.05) is 13.8 Å². The maximum Gasteiger partial charge on any atom is 0.270 e. The second-order valence-electron chi connectivity index (χ2n) is 3.94. The van der Waals surface area contributed by atoms with Gasteiger partial charge >= 0.3 is 0 Å². The fourth-order valence-electron chi connectivity index (χ4n) is 1.59. The molecule has 0 saturated carbocycles. The molecule has 0 unspecified atom stereocenters. The molecule has 0 atom stereocenters. The monoisotopic (exact) mass is 225 g/mol. The average molecular weight is 225 g/mol. The summed E-state index contributed by atoms with van der Waals surface area (Å²) in [7, 11) is 1.72. The van der Waals surface area contributed by atoms with Gasteiger partial charge in [-0.05, 0) is 18.9 Å². The van der Waals surface area contributed by atoms with E-state index in [1.807, 2.05) is 13.8 Å². The molecule has 16 heavy (non-hydrogen) atoms. The first-order valence-corrected chi connectivity index (χ1v) is 5.50. The zero-order valence-corrected chi connectivity index (χ0v) is 10.0. The Morgan fingerprint density at radius 2 is 2.19 bits per heavy atom. The predicted octanol–water partition coefficient (Wildman–Crippen LogP) is 0.701. The molecule has 1 rings (SSSR count). The number of nitrogens with zero attached hydrogens (tertiary/aromatic N) is 2. The third-order valence-corrected chi connectivity index (χ3v) is 3.09. The van der Waals surface area contributed by atoms with Crippen molar-refractivity contribution < 1.29 is 9.90 Å². The van der Waals surface area contributed by atoms with Gasteiger partial charge in [0.05, 0.1) is 12.1 Å². The highest BCUT2D eigenvalue weighted by molar-refractivity contribution is 5.93. The van der Waals surface area contributed by atoms with E-state index < -0.39 is 5.54 Å². The number of amides is 1. The Morgan fingerprint density at radius 1 is 1.56 bits per heavy atom. The molecule has 1 amide bonds. The van der Waals surface area contributed by atoms with Crippen LogP contribution in [-0.2, 0) is 7.05 Å². The Hall–Kier alpha value is -1.36. The van der Waals surface area contributed by atoms with Crippen LogP contribution in [0.4, 0.5) is 0 Å². The Labute approximate surface area is 95.5 Å². The van der Waals surface area contributed by atoms with E-state index in [9.17, 15) is 9.90 Å². The maximum atomic E-state index is 11.9. The number of aryl methyl sites for hydroxylation is 1. The standard InChI is InChI=1S/C11H19N3O2/c1-4-11(5-2,8-15)13-10(16)9-6-7-12-14(9)3/h6-7,15H,4-5,8H2,1-3H3,(H,13,16). The number of aromatic nitrogens is 2. The minimum atomic E-state index is -0.526. The van der Waals surface area contributed by atoms with Gasteiger partial charge in [-0.3, -0.25) is 9.48 Å². The third-order valence-electron chi connectivity index (χ3n) is 3.09. The Bertz CT molecular complexity index is 348. The summed E-state index contributed by atoms with van der Waals surface area (Å²) in [5.41, 5.74) is -0.0267. The number of carbonyl (C=O) groups is 1. The van der Waals surface area contributed by atoms with E-state index in [1.54, 1.807) is 19.3 Å². The molecule has 0 fully saturated rings. The van der Waals surface area contributed by atoms with E-state index in [0.29, 0.717) is 18.5 Å². The Balaban J connectivity index is 2.81. The molecule has 1 heterocycles. The second kappa shape index (κ2) is 5.12. The molecule has 0 aliphatic rings. The van der Waals surface area contributed by atoms with Crippen LogP contribution in [0, 0.1) is 0 Å². The van der Waals surface area contributed by atoms with Crippen molar-refractivity contribution in [3.8, 4) is 0 Å². The van der Waals surface area contributed by atoms with Crippen LogP contribution in [0.1, 0.15) is 37.2 Å². The van der Waals surface area contributed by atoms with Gasteiger partial charge < -0.3 is 10.4 Å². The van der Waals surface area contributed by atoms with Crippen LogP contribution in [0.2, 0.25) is 0 Å². The summed E-state index contributed by atoms with van der Waals surface area (Å²) in [6.45, 7) is 3.84. The topological polar surface area (TPSA) is 67.2 Å². The van der Waals surface area contributed by atoms with Crippen LogP contribution >= 0.6 is 0 Å². The van der Waals surface area contributed by atoms with E-state index in [0.717, 1.165) is 0 Å². The lowest BCUT2D eigenvalue weighted by molar-refractivity contribution is 0.0808. The van der Waals surface area contributed by atoms with E-state index in [4.69, 9.17) is 0 Å². The number of rotatable bonds is 5. The van der Waals surface area contributed by atoms with Gasteiger partial charge in [0.15, 0.2) is 0 Å². The van der Waals surface area contributed by atoms with Crippen molar-refractivity contribution >= 4 is 5.91 Å². The molecule has 0 radical (unpaired) electrons. The SMILES string of the molecule is CCC(CC)(CO)NC(=O)c1ccnn1C. The van der Waals surface area contributed by atoms with E-state index in [2.05, 4.69) is 10.4 Å². The van der Waals surface area contributed by atoms with Gasteiger partial charge in [0.2, 0.25) is 0 Å². The molecule has 1 aromatic rings. The fraction of sp³-hybridized carbons (Fsp3) is 0.636. The maximum absolute atomic E-state index is 11.9. The summed E-state index contributed by atoms with van der Waals surface area (Å²) < 4.78 is 1.52. The van der Waals surface area contributed by atoms with Crippen LogP contribution < -0.4 is 5.32 Å². The highest BCUT2D eigenvalue weighted by Gasteiger charge is 2.28. The first-order chi connectivity index (χ1) is 7.58. The van der Waals surface area contributed by atoms with E-state index in [1.165, 1.54) is 4.68 Å². The first kappa shape index (κ1) is 12.7. The molecule has 90 valence electrons. The zero-order valence-electron chi connectivity index (χ0n) is 10.0. The number of aliphatic hydroxyl groups is 1. The van der Waals surface area contributed by atoms with Crippen LogP contribution in [-0.4, -0.2) is 32.9 Å². The van der Waals surface area contributed by atoms with Crippen LogP contribution in [0.25, 0.3) is 0 Å². The van der Waals surface area contributed by atoms with E-state index in [-0.39, 0.29) is 12.5 Å². The Morgan fingerprint density at radius 3 is 2.56 bits per heavy atom. The summed E-state index contributed by atoms with van der Waals surface area (Å²) in [5, 5.41) is 16.2. The minimum Gasteiger partial charge on any atom is -0.394 e. The average Bonchev–Trinajstić information content (AvgIpc) is 2.72. The smallest absolute Gasteiger partial charge is 0.270 e. The quantitative estimate of drug-likeness (QED) is 0.775. The van der Waals surface area contributed by atoms with E-state index >= 15 is 0 Å². The highest BCUT2D eigenvalue weighted by Crippen LogP contribution is 2.15. The first-order valence-electron chi connectivity index (χ1n) is 5.50. The van der Waals surface area contributed by atoms with Gasteiger partial charge in [0, 0.05) is 13.2 Å². The lowest BCUT2D eigenvalue weighted by Crippen LogP contribution is -2.50. The van der Waals surface area contributed by atoms with Crippen molar-refractivity contribution in [3.05, 3.63) is 18.0 Å². The molecule has 5 nitrogen and oxygen atoms in total. The molecule has 0 spiro atoms. The Kier molecular flexibility index (Phi) is 4.06. The number of nitrogens with one attached hydrogen (secondary N) is 1. The van der Waals surface area contributed by atoms with Crippen molar-refractivity contribution in [1.82, 2.24) is 15.1 Å². The van der Waals surface area contributed by atoms with Crippen molar-refractivity contribution in [2.24, 2.45) is 7.05 Å². The zero-order chi connectivity index (χ0) is 12.2. The van der Waals surface area contributed by atoms with Crippen molar-refractivity contribution in [1.29, 1.82) is 0 Å². The number of aliphatic hydroxyl groups excluding tert-OH is 1. The number of carbonyl (C=O) groups excluding carboxylic acids is 1. The summed E-state index contributed by atoms with van der Waals surface area (Å²) in [5.74, 6) is -0.197. The van der Waals surface area contributed by atoms with Crippen LogP contribution in [0.5, 0.6) is 0 Å². The summed E-state index contributed by atoms with van der Waals surface area (Å²) in [6.07, 6.45) is 2.97. The summed E-state index contributed by atoms with van der Waals surface area (Å²) in [6, 6.07) is 1.66. The largest absolute Gasteiger partial charge is 0.394 e.